The largest absolute Gasteiger partial charge is 0.460 e. The minimum absolute atomic E-state index is 0.0132. The number of alkyl carbamates (subject to hydrolysis) is 1. The molecule has 2 rings (SSSR count). The summed E-state index contributed by atoms with van der Waals surface area (Å²) in [7, 11) is 0. The Labute approximate surface area is 284 Å². The van der Waals surface area contributed by atoms with Crippen molar-refractivity contribution in [3.63, 3.8) is 0 Å². The summed E-state index contributed by atoms with van der Waals surface area (Å²) in [4.78, 5) is 80.0. The van der Waals surface area contributed by atoms with Gasteiger partial charge in [0.1, 0.15) is 25.2 Å². The van der Waals surface area contributed by atoms with Crippen LogP contribution < -0.4 is 16.0 Å². The number of carbonyl (C=O) groups excluding carboxylic acids is 6. The number of carbonyl (C=O) groups is 6. The van der Waals surface area contributed by atoms with Crippen LogP contribution >= 0.6 is 0 Å². The van der Waals surface area contributed by atoms with Crippen LogP contribution in [0.25, 0.3) is 0 Å². The van der Waals surface area contributed by atoms with Crippen molar-refractivity contribution < 1.29 is 43.0 Å². The van der Waals surface area contributed by atoms with Crippen molar-refractivity contribution >= 4 is 35.6 Å². The Bertz CT molecular complexity index is 1270. The Morgan fingerprint density at radius 3 is 2.15 bits per heavy atom. The highest BCUT2D eigenvalue weighted by Crippen LogP contribution is 2.29. The average molecular weight is 675 g/mol. The smallest absolute Gasteiger partial charge is 0.407 e. The molecule has 1 heterocycles. The fourth-order valence-electron chi connectivity index (χ4n) is 5.10. The number of nitrogens with one attached hydrogen (secondary N) is 3. The first-order valence-corrected chi connectivity index (χ1v) is 16.6. The molecule has 1 aliphatic heterocycles. The van der Waals surface area contributed by atoms with E-state index in [-0.39, 0.29) is 38.5 Å². The summed E-state index contributed by atoms with van der Waals surface area (Å²) in [5, 5.41) is 7.62. The van der Waals surface area contributed by atoms with E-state index < -0.39 is 77.4 Å². The molecule has 0 saturated carbocycles. The normalized spacial score (nSPS) is 17.7. The van der Waals surface area contributed by atoms with Crippen molar-refractivity contribution in [2.75, 3.05) is 19.7 Å². The number of amides is 4. The molecule has 1 fully saturated rings. The SMILES string of the molecule is CCCC(NC(=O)[C@@H]1C[C@@H](OC(C)(C)C)CN1C(=O)[C@@H](NC(=O)OCC(C)C)C(C)(C)C)C(=O)C(=O)NCC(=O)OCc1ccccc1. The predicted octanol–water partition coefficient (Wildman–Crippen LogP) is 3.28. The van der Waals surface area contributed by atoms with Crippen LogP contribution in [0.5, 0.6) is 0 Å². The number of Topliss-reactive ketones (excluding diaryl/α,β-unsaturated/α-hetero) is 1. The van der Waals surface area contributed by atoms with Crippen molar-refractivity contribution in [1.82, 2.24) is 20.9 Å². The summed E-state index contributed by atoms with van der Waals surface area (Å²) in [6, 6.07) is 5.70. The Morgan fingerprint density at radius 1 is 0.938 bits per heavy atom. The van der Waals surface area contributed by atoms with Crippen molar-refractivity contribution in [1.29, 1.82) is 0 Å². The van der Waals surface area contributed by atoms with E-state index in [4.69, 9.17) is 14.2 Å². The van der Waals surface area contributed by atoms with Crippen LogP contribution in [0.4, 0.5) is 4.79 Å². The number of esters is 1. The third kappa shape index (κ3) is 13.2. The number of ketones is 1. The number of ether oxygens (including phenoxy) is 3. The Balaban J connectivity index is 2.19. The second kappa shape index (κ2) is 18.0. The van der Waals surface area contributed by atoms with E-state index in [0.717, 1.165) is 5.56 Å². The van der Waals surface area contributed by atoms with Gasteiger partial charge in [-0.1, -0.05) is 78.3 Å². The molecular weight excluding hydrogens is 620 g/mol. The maximum Gasteiger partial charge on any atom is 0.407 e. The zero-order valence-corrected chi connectivity index (χ0v) is 29.8. The van der Waals surface area contributed by atoms with E-state index in [2.05, 4.69) is 16.0 Å². The third-order valence-corrected chi connectivity index (χ3v) is 7.36. The fourth-order valence-corrected chi connectivity index (χ4v) is 5.10. The minimum atomic E-state index is -1.20. The van der Waals surface area contributed by atoms with E-state index in [1.54, 1.807) is 52.0 Å². The third-order valence-electron chi connectivity index (χ3n) is 7.36. The molecule has 13 nitrogen and oxygen atoms in total. The van der Waals surface area contributed by atoms with Gasteiger partial charge in [0, 0.05) is 13.0 Å². The van der Waals surface area contributed by atoms with E-state index in [0.29, 0.717) is 6.42 Å². The van der Waals surface area contributed by atoms with Crippen LogP contribution in [-0.2, 0) is 44.8 Å². The van der Waals surface area contributed by atoms with Crippen LogP contribution in [0.15, 0.2) is 30.3 Å². The van der Waals surface area contributed by atoms with Crippen molar-refractivity contribution in [3.8, 4) is 0 Å². The summed E-state index contributed by atoms with van der Waals surface area (Å²) >= 11 is 0. The van der Waals surface area contributed by atoms with Gasteiger partial charge in [-0.05, 0) is 44.1 Å². The molecule has 1 saturated heterocycles. The predicted molar refractivity (Wildman–Crippen MR) is 178 cm³/mol. The number of hydrogen-bond donors (Lipinski definition) is 3. The van der Waals surface area contributed by atoms with E-state index >= 15 is 0 Å². The summed E-state index contributed by atoms with van der Waals surface area (Å²) in [6.07, 6.45) is -0.518. The Kier molecular flexibility index (Phi) is 15.0. The van der Waals surface area contributed by atoms with Crippen LogP contribution in [-0.4, -0.2) is 90.0 Å². The Hall–Kier alpha value is -4.00. The highest BCUT2D eigenvalue weighted by Gasteiger charge is 2.46. The summed E-state index contributed by atoms with van der Waals surface area (Å²) in [5.41, 5.74) is -0.558. The van der Waals surface area contributed by atoms with Crippen molar-refractivity contribution in [3.05, 3.63) is 35.9 Å². The minimum Gasteiger partial charge on any atom is -0.460 e. The summed E-state index contributed by atoms with van der Waals surface area (Å²) < 4.78 is 16.6. The van der Waals surface area contributed by atoms with Gasteiger partial charge in [0.15, 0.2) is 0 Å². The zero-order chi connectivity index (χ0) is 36.2. The molecule has 3 N–H and O–H groups in total. The van der Waals surface area contributed by atoms with Gasteiger partial charge in [0.05, 0.1) is 24.4 Å². The van der Waals surface area contributed by atoms with Crippen LogP contribution in [0, 0.1) is 11.3 Å². The topological polar surface area (TPSA) is 169 Å². The van der Waals surface area contributed by atoms with Gasteiger partial charge in [-0.15, -0.1) is 0 Å². The van der Waals surface area contributed by atoms with Gasteiger partial charge in [0.25, 0.3) is 5.91 Å². The number of hydrogen-bond acceptors (Lipinski definition) is 9. The van der Waals surface area contributed by atoms with E-state index in [9.17, 15) is 28.8 Å². The summed E-state index contributed by atoms with van der Waals surface area (Å²) in [5.74, 6) is -3.75. The highest BCUT2D eigenvalue weighted by atomic mass is 16.5. The molecule has 48 heavy (non-hydrogen) atoms. The van der Waals surface area contributed by atoms with Crippen LogP contribution in [0.1, 0.15) is 87.1 Å². The first-order valence-electron chi connectivity index (χ1n) is 16.6. The fraction of sp³-hybridized carbons (Fsp3) is 0.657. The molecular formula is C35H54N4O9. The Morgan fingerprint density at radius 2 is 1.58 bits per heavy atom. The van der Waals surface area contributed by atoms with Crippen LogP contribution in [0.3, 0.4) is 0 Å². The van der Waals surface area contributed by atoms with Crippen molar-refractivity contribution in [2.24, 2.45) is 11.3 Å². The second-order valence-corrected chi connectivity index (χ2v) is 14.6. The average Bonchev–Trinajstić information content (AvgIpc) is 3.41. The van der Waals surface area contributed by atoms with E-state index in [1.807, 2.05) is 40.7 Å². The van der Waals surface area contributed by atoms with Crippen molar-refractivity contribution in [2.45, 2.75) is 118 Å². The number of benzene rings is 1. The molecule has 1 unspecified atom stereocenters. The van der Waals surface area contributed by atoms with Crippen LogP contribution in [0.2, 0.25) is 0 Å². The molecule has 1 aliphatic rings. The number of rotatable bonds is 15. The maximum absolute atomic E-state index is 14.1. The molecule has 13 heteroatoms. The molecule has 4 atom stereocenters. The first kappa shape index (κ1) is 40.2. The molecule has 1 aromatic rings. The quantitative estimate of drug-likeness (QED) is 0.187. The molecule has 0 aromatic heterocycles. The molecule has 0 aliphatic carbocycles. The lowest BCUT2D eigenvalue weighted by molar-refractivity contribution is -0.147. The van der Waals surface area contributed by atoms with Gasteiger partial charge < -0.3 is 35.1 Å². The summed E-state index contributed by atoms with van der Waals surface area (Å²) in [6.45, 7) is 16.3. The zero-order valence-electron chi connectivity index (χ0n) is 29.8. The lowest BCUT2D eigenvalue weighted by atomic mass is 9.85. The monoisotopic (exact) mass is 674 g/mol. The number of nitrogens with zero attached hydrogens (tertiary/aromatic N) is 1. The highest BCUT2D eigenvalue weighted by molar-refractivity contribution is 6.38. The standard InChI is InChI=1S/C35H54N4O9/c1-10-14-25(28(41)31(43)36-18-27(40)46-21-23-15-12-11-13-16-23)37-30(42)26-17-24(48-35(7,8)9)19-39(26)32(44)29(34(4,5)6)38-33(45)47-20-22(2)3/h11-13,15-16,22,24-26,29H,10,14,17-21H2,1-9H3,(H,36,43)(H,37,42)(H,38,45)/t24-,25?,26+,29-/m1/s1. The lowest BCUT2D eigenvalue weighted by Crippen LogP contribution is -2.59. The molecule has 0 spiro atoms. The molecule has 1 aromatic carbocycles. The number of likely N-dealkylation sites (tertiary alicyclic amines) is 1. The molecule has 268 valence electrons. The van der Waals surface area contributed by atoms with E-state index in [1.165, 1.54) is 4.90 Å². The van der Waals surface area contributed by atoms with Gasteiger partial charge in [0.2, 0.25) is 17.6 Å². The molecule has 4 amide bonds. The van der Waals surface area contributed by atoms with Gasteiger partial charge in [-0.2, -0.15) is 0 Å². The molecule has 0 radical (unpaired) electrons. The maximum atomic E-state index is 14.1. The first-order chi connectivity index (χ1) is 22.3. The van der Waals surface area contributed by atoms with Gasteiger partial charge in [-0.25, -0.2) is 4.79 Å². The van der Waals surface area contributed by atoms with Gasteiger partial charge in [-0.3, -0.25) is 24.0 Å². The van der Waals surface area contributed by atoms with Gasteiger partial charge >= 0.3 is 12.1 Å². The molecule has 0 bridgehead atoms. The second-order valence-electron chi connectivity index (χ2n) is 14.6. The lowest BCUT2D eigenvalue weighted by Gasteiger charge is -2.35.